The van der Waals surface area contributed by atoms with Crippen LogP contribution in [0.3, 0.4) is 0 Å². The SMILES string of the molecule is Cc1nn(-c2ccccc2)c(C)c1C(=O)C(=O)N(C)Cc1ccc(Cl)cc1. The highest BCUT2D eigenvalue weighted by atomic mass is 35.5. The van der Waals surface area contributed by atoms with Gasteiger partial charge in [-0.15, -0.1) is 0 Å². The number of ketones is 1. The van der Waals surface area contributed by atoms with Gasteiger partial charge in [0.2, 0.25) is 0 Å². The summed E-state index contributed by atoms with van der Waals surface area (Å²) in [6, 6.07) is 16.7. The number of Topliss-reactive ketones (excluding diaryl/α,β-unsaturated/α-hetero) is 1. The van der Waals surface area contributed by atoms with Crippen molar-refractivity contribution in [3.8, 4) is 5.69 Å². The van der Waals surface area contributed by atoms with Crippen LogP contribution in [-0.4, -0.2) is 33.4 Å². The first-order chi connectivity index (χ1) is 12.9. The van der Waals surface area contributed by atoms with Gasteiger partial charge in [0.25, 0.3) is 11.7 Å². The number of benzene rings is 2. The van der Waals surface area contributed by atoms with Gasteiger partial charge in [-0.25, -0.2) is 4.68 Å². The molecule has 0 unspecified atom stereocenters. The molecule has 0 fully saturated rings. The predicted octanol–water partition coefficient (Wildman–Crippen LogP) is 3.98. The first-order valence-electron chi connectivity index (χ1n) is 8.54. The fraction of sp³-hybridized carbons (Fsp3) is 0.190. The Morgan fingerprint density at radius 1 is 1.04 bits per heavy atom. The molecule has 138 valence electrons. The molecule has 3 rings (SSSR count). The van der Waals surface area contributed by atoms with Crippen molar-refractivity contribution in [2.24, 2.45) is 0 Å². The number of hydrogen-bond donors (Lipinski definition) is 0. The third kappa shape index (κ3) is 3.93. The number of aromatic nitrogens is 2. The van der Waals surface area contributed by atoms with E-state index in [0.29, 0.717) is 28.5 Å². The largest absolute Gasteiger partial charge is 0.335 e. The summed E-state index contributed by atoms with van der Waals surface area (Å²) >= 11 is 5.89. The van der Waals surface area contributed by atoms with Crippen LogP contribution >= 0.6 is 11.6 Å². The Hall–Kier alpha value is -2.92. The molecule has 1 heterocycles. The lowest BCUT2D eigenvalue weighted by Crippen LogP contribution is -2.33. The van der Waals surface area contributed by atoms with E-state index >= 15 is 0 Å². The molecule has 0 bridgehead atoms. The monoisotopic (exact) mass is 381 g/mol. The van der Waals surface area contributed by atoms with Crippen LogP contribution in [0.2, 0.25) is 5.02 Å². The molecule has 1 aromatic heterocycles. The van der Waals surface area contributed by atoms with Crippen molar-refractivity contribution in [3.05, 3.63) is 82.1 Å². The summed E-state index contributed by atoms with van der Waals surface area (Å²) < 4.78 is 1.69. The first kappa shape index (κ1) is 18.9. The number of amides is 1. The number of rotatable bonds is 5. The van der Waals surface area contributed by atoms with Crippen molar-refractivity contribution >= 4 is 23.3 Å². The van der Waals surface area contributed by atoms with Crippen LogP contribution in [-0.2, 0) is 11.3 Å². The van der Waals surface area contributed by atoms with E-state index < -0.39 is 11.7 Å². The minimum absolute atomic E-state index is 0.326. The van der Waals surface area contributed by atoms with Crippen LogP contribution in [0.15, 0.2) is 54.6 Å². The molecular formula is C21H20ClN3O2. The number of nitrogens with zero attached hydrogens (tertiary/aromatic N) is 3. The van der Waals surface area contributed by atoms with Crippen LogP contribution in [0.25, 0.3) is 5.69 Å². The quantitative estimate of drug-likeness (QED) is 0.496. The standard InChI is InChI=1S/C21H20ClN3O2/c1-14-19(15(2)25(23-14)18-7-5-4-6-8-18)20(26)21(27)24(3)13-16-9-11-17(22)12-10-16/h4-12H,13H2,1-3H3. The lowest BCUT2D eigenvalue weighted by atomic mass is 10.1. The highest BCUT2D eigenvalue weighted by Crippen LogP contribution is 2.19. The van der Waals surface area contributed by atoms with Crippen molar-refractivity contribution in [1.82, 2.24) is 14.7 Å². The summed E-state index contributed by atoms with van der Waals surface area (Å²) in [6.07, 6.45) is 0. The van der Waals surface area contributed by atoms with Gasteiger partial charge in [0, 0.05) is 18.6 Å². The second-order valence-corrected chi connectivity index (χ2v) is 6.85. The fourth-order valence-electron chi connectivity index (χ4n) is 3.01. The topological polar surface area (TPSA) is 55.2 Å². The fourth-order valence-corrected chi connectivity index (χ4v) is 3.13. The molecule has 5 nitrogen and oxygen atoms in total. The summed E-state index contributed by atoms with van der Waals surface area (Å²) in [7, 11) is 1.61. The molecule has 3 aromatic rings. The van der Waals surface area contributed by atoms with E-state index in [4.69, 9.17) is 11.6 Å². The normalized spacial score (nSPS) is 10.7. The minimum Gasteiger partial charge on any atom is -0.335 e. The predicted molar refractivity (Wildman–Crippen MR) is 105 cm³/mol. The molecule has 0 aliphatic heterocycles. The molecule has 0 saturated heterocycles. The Balaban J connectivity index is 1.83. The van der Waals surface area contributed by atoms with Crippen molar-refractivity contribution < 1.29 is 9.59 Å². The molecule has 0 aliphatic rings. The summed E-state index contributed by atoms with van der Waals surface area (Å²) in [6.45, 7) is 3.87. The zero-order chi connectivity index (χ0) is 19.6. The van der Waals surface area contributed by atoms with Crippen molar-refractivity contribution in [2.75, 3.05) is 7.05 Å². The third-order valence-corrected chi connectivity index (χ3v) is 4.65. The molecule has 0 atom stereocenters. The van der Waals surface area contributed by atoms with Crippen molar-refractivity contribution in [3.63, 3.8) is 0 Å². The maximum Gasteiger partial charge on any atom is 0.295 e. The molecule has 1 amide bonds. The van der Waals surface area contributed by atoms with Gasteiger partial charge in [-0.2, -0.15) is 5.10 Å². The van der Waals surface area contributed by atoms with Gasteiger partial charge in [-0.1, -0.05) is 41.9 Å². The van der Waals surface area contributed by atoms with Gasteiger partial charge in [-0.05, 0) is 43.7 Å². The molecule has 0 N–H and O–H groups in total. The number of aryl methyl sites for hydroxylation is 1. The summed E-state index contributed by atoms with van der Waals surface area (Å²) in [5.74, 6) is -1.12. The minimum atomic E-state index is -0.566. The van der Waals surface area contributed by atoms with E-state index in [9.17, 15) is 9.59 Å². The molecule has 0 aliphatic carbocycles. The Kier molecular flexibility index (Phi) is 5.42. The molecule has 6 heteroatoms. The zero-order valence-corrected chi connectivity index (χ0v) is 16.2. The number of para-hydroxylation sites is 1. The van der Waals surface area contributed by atoms with Gasteiger partial charge in [0.05, 0.1) is 22.6 Å². The number of likely N-dealkylation sites (N-methyl/N-ethyl adjacent to an activating group) is 1. The lowest BCUT2D eigenvalue weighted by Gasteiger charge is -2.16. The van der Waals surface area contributed by atoms with Crippen LogP contribution in [0.1, 0.15) is 27.3 Å². The smallest absolute Gasteiger partial charge is 0.295 e. The van der Waals surface area contributed by atoms with Crippen LogP contribution in [0.4, 0.5) is 0 Å². The van der Waals surface area contributed by atoms with Gasteiger partial charge >= 0.3 is 0 Å². The molecule has 0 radical (unpaired) electrons. The van der Waals surface area contributed by atoms with Gasteiger partial charge in [0.15, 0.2) is 0 Å². The Morgan fingerprint density at radius 3 is 2.30 bits per heavy atom. The van der Waals surface area contributed by atoms with Gasteiger partial charge in [0.1, 0.15) is 0 Å². The number of carbonyl (C=O) groups excluding carboxylic acids is 2. The van der Waals surface area contributed by atoms with E-state index in [-0.39, 0.29) is 0 Å². The van der Waals surface area contributed by atoms with E-state index in [1.54, 1.807) is 37.7 Å². The number of carbonyl (C=O) groups is 2. The summed E-state index contributed by atoms with van der Waals surface area (Å²) in [5.41, 5.74) is 3.29. The average Bonchev–Trinajstić information content (AvgIpc) is 2.97. The summed E-state index contributed by atoms with van der Waals surface area (Å²) in [5, 5.41) is 5.08. The Morgan fingerprint density at radius 2 is 1.67 bits per heavy atom. The van der Waals surface area contributed by atoms with Crippen molar-refractivity contribution in [1.29, 1.82) is 0 Å². The van der Waals surface area contributed by atoms with E-state index in [0.717, 1.165) is 11.3 Å². The molecule has 0 saturated carbocycles. The maximum atomic E-state index is 12.9. The van der Waals surface area contributed by atoms with Crippen LogP contribution in [0.5, 0.6) is 0 Å². The third-order valence-electron chi connectivity index (χ3n) is 4.39. The summed E-state index contributed by atoms with van der Waals surface area (Å²) in [4.78, 5) is 26.9. The average molecular weight is 382 g/mol. The van der Waals surface area contributed by atoms with E-state index in [2.05, 4.69) is 5.10 Å². The highest BCUT2D eigenvalue weighted by molar-refractivity contribution is 6.43. The first-order valence-corrected chi connectivity index (χ1v) is 8.92. The second kappa shape index (κ2) is 7.76. The molecule has 27 heavy (non-hydrogen) atoms. The molecular weight excluding hydrogens is 362 g/mol. The van der Waals surface area contributed by atoms with E-state index in [1.165, 1.54) is 4.90 Å². The Labute approximate surface area is 163 Å². The van der Waals surface area contributed by atoms with E-state index in [1.807, 2.05) is 42.5 Å². The molecule has 2 aromatic carbocycles. The number of halogens is 1. The van der Waals surface area contributed by atoms with Gasteiger partial charge < -0.3 is 4.90 Å². The Bertz CT molecular complexity index is 979. The van der Waals surface area contributed by atoms with Gasteiger partial charge in [-0.3, -0.25) is 9.59 Å². The molecule has 0 spiro atoms. The highest BCUT2D eigenvalue weighted by Gasteiger charge is 2.27. The van der Waals surface area contributed by atoms with Crippen molar-refractivity contribution in [2.45, 2.75) is 20.4 Å². The number of hydrogen-bond acceptors (Lipinski definition) is 3. The lowest BCUT2D eigenvalue weighted by molar-refractivity contribution is -0.125. The van der Waals surface area contributed by atoms with Crippen LogP contribution in [0, 0.1) is 13.8 Å². The zero-order valence-electron chi connectivity index (χ0n) is 15.4. The maximum absolute atomic E-state index is 12.9. The van der Waals surface area contributed by atoms with Crippen LogP contribution < -0.4 is 0 Å². The second-order valence-electron chi connectivity index (χ2n) is 6.41.